The molecule has 1 aromatic carbocycles. The predicted molar refractivity (Wildman–Crippen MR) is 109 cm³/mol. The number of amides is 1. The van der Waals surface area contributed by atoms with Gasteiger partial charge in [0, 0.05) is 25.2 Å². The van der Waals surface area contributed by atoms with Crippen LogP contribution in [0.2, 0.25) is 5.02 Å². The molecule has 2 heterocycles. The molecule has 0 spiro atoms. The molecule has 1 atom stereocenters. The first-order valence-corrected chi connectivity index (χ1v) is 11.3. The summed E-state index contributed by atoms with van der Waals surface area (Å²) < 4.78 is 37.6. The number of methoxy groups -OCH3 is 2. The van der Waals surface area contributed by atoms with Crippen LogP contribution in [0.4, 0.5) is 5.69 Å². The van der Waals surface area contributed by atoms with E-state index in [4.69, 9.17) is 21.1 Å². The van der Waals surface area contributed by atoms with E-state index >= 15 is 0 Å². The van der Waals surface area contributed by atoms with Crippen molar-refractivity contribution in [2.45, 2.75) is 17.1 Å². The van der Waals surface area contributed by atoms with Crippen LogP contribution in [0.5, 0.6) is 11.5 Å². The number of nitrogens with zero attached hydrogens (tertiary/aromatic N) is 1. The molecular weight excluding hydrogens is 424 g/mol. The first-order valence-electron chi connectivity index (χ1n) is 8.63. The van der Waals surface area contributed by atoms with Crippen molar-refractivity contribution in [3.05, 3.63) is 34.7 Å². The first kappa shape index (κ1) is 20.9. The van der Waals surface area contributed by atoms with Gasteiger partial charge >= 0.3 is 0 Å². The molecule has 2 aromatic rings. The molecule has 7 nitrogen and oxygen atoms in total. The van der Waals surface area contributed by atoms with Crippen LogP contribution in [-0.4, -0.2) is 45.9 Å². The van der Waals surface area contributed by atoms with E-state index in [1.807, 2.05) is 0 Å². The highest BCUT2D eigenvalue weighted by Crippen LogP contribution is 2.36. The summed E-state index contributed by atoms with van der Waals surface area (Å²) in [6, 6.07) is 6.42. The molecule has 1 amide bonds. The second-order valence-electron chi connectivity index (χ2n) is 6.31. The summed E-state index contributed by atoms with van der Waals surface area (Å²) in [7, 11) is -0.622. The number of hydrogen-bond acceptors (Lipinski definition) is 6. The molecule has 3 rings (SSSR count). The van der Waals surface area contributed by atoms with Crippen LogP contribution in [0.25, 0.3) is 0 Å². The third-order valence-corrected chi connectivity index (χ3v) is 8.11. The number of nitrogens with one attached hydrogen (secondary N) is 1. The zero-order valence-electron chi connectivity index (χ0n) is 15.5. The highest BCUT2D eigenvalue weighted by atomic mass is 35.5. The SMILES string of the molecule is COc1cc(NC(=O)[C@H]2CCCN(S(=O)(=O)c3cccs3)C2)c(OC)cc1Cl. The zero-order valence-corrected chi connectivity index (χ0v) is 17.9. The summed E-state index contributed by atoms with van der Waals surface area (Å²) in [4.78, 5) is 12.8. The number of rotatable bonds is 6. The number of sulfonamides is 1. The summed E-state index contributed by atoms with van der Waals surface area (Å²) in [5, 5.41) is 4.91. The molecular formula is C18H21ClN2O5S2. The lowest BCUT2D eigenvalue weighted by Crippen LogP contribution is -2.43. The fourth-order valence-electron chi connectivity index (χ4n) is 3.11. The fraction of sp³-hybridized carbons (Fsp3) is 0.389. The lowest BCUT2D eigenvalue weighted by Gasteiger charge is -2.31. The van der Waals surface area contributed by atoms with Gasteiger partial charge in [-0.2, -0.15) is 4.31 Å². The Bertz CT molecular complexity index is 947. The number of hydrogen-bond donors (Lipinski definition) is 1. The monoisotopic (exact) mass is 444 g/mol. The van der Waals surface area contributed by atoms with Crippen molar-refractivity contribution in [1.29, 1.82) is 0 Å². The number of benzene rings is 1. The highest BCUT2D eigenvalue weighted by Gasteiger charge is 2.34. The molecule has 1 aliphatic rings. The first-order chi connectivity index (χ1) is 13.4. The second-order valence-corrected chi connectivity index (χ2v) is 9.83. The molecule has 0 radical (unpaired) electrons. The van der Waals surface area contributed by atoms with Crippen molar-refractivity contribution < 1.29 is 22.7 Å². The number of halogens is 1. The molecule has 1 fully saturated rings. The van der Waals surface area contributed by atoms with Gasteiger partial charge in [-0.1, -0.05) is 17.7 Å². The summed E-state index contributed by atoms with van der Waals surface area (Å²) in [5.74, 6) is 0.0740. The molecule has 0 saturated carbocycles. The van der Waals surface area contributed by atoms with Crippen LogP contribution < -0.4 is 14.8 Å². The fourth-order valence-corrected chi connectivity index (χ4v) is 6.00. The summed E-state index contributed by atoms with van der Waals surface area (Å²) in [6.45, 7) is 0.543. The topological polar surface area (TPSA) is 84.9 Å². The molecule has 1 aliphatic heterocycles. The zero-order chi connectivity index (χ0) is 20.3. The Morgan fingerprint density at radius 2 is 2.04 bits per heavy atom. The van der Waals surface area contributed by atoms with Crippen LogP contribution in [0.1, 0.15) is 12.8 Å². The van der Waals surface area contributed by atoms with E-state index in [-0.39, 0.29) is 16.7 Å². The van der Waals surface area contributed by atoms with E-state index in [2.05, 4.69) is 5.32 Å². The minimum atomic E-state index is -3.58. The van der Waals surface area contributed by atoms with Crippen LogP contribution in [-0.2, 0) is 14.8 Å². The maximum absolute atomic E-state index is 12.8. The number of thiophene rings is 1. The molecule has 28 heavy (non-hydrogen) atoms. The largest absolute Gasteiger partial charge is 0.495 e. The number of carbonyl (C=O) groups excluding carboxylic acids is 1. The van der Waals surface area contributed by atoms with Gasteiger partial charge in [0.1, 0.15) is 15.7 Å². The van der Waals surface area contributed by atoms with Crippen molar-refractivity contribution in [2.24, 2.45) is 5.92 Å². The molecule has 0 unspecified atom stereocenters. The molecule has 1 aromatic heterocycles. The van der Waals surface area contributed by atoms with Crippen molar-refractivity contribution in [1.82, 2.24) is 4.31 Å². The Balaban J connectivity index is 1.76. The Labute approximate surface area is 173 Å². The van der Waals surface area contributed by atoms with E-state index in [9.17, 15) is 13.2 Å². The number of piperidine rings is 1. The standard InChI is InChI=1S/C18H21ClN2O5S2/c1-25-15-10-14(16(26-2)9-13(15)19)20-18(22)12-5-3-7-21(11-12)28(23,24)17-6-4-8-27-17/h4,6,8-10,12H,3,5,7,11H2,1-2H3,(H,20,22)/t12-/m0/s1. The van der Waals surface area contributed by atoms with Gasteiger partial charge < -0.3 is 14.8 Å². The molecule has 10 heteroatoms. The van der Waals surface area contributed by atoms with Gasteiger partial charge in [-0.3, -0.25) is 4.79 Å². The van der Waals surface area contributed by atoms with Crippen molar-refractivity contribution >= 4 is 44.6 Å². The second kappa shape index (κ2) is 8.69. The van der Waals surface area contributed by atoms with E-state index in [1.54, 1.807) is 29.6 Å². The van der Waals surface area contributed by atoms with Gasteiger partial charge in [0.25, 0.3) is 10.0 Å². The van der Waals surface area contributed by atoms with Crippen LogP contribution >= 0.6 is 22.9 Å². The molecule has 0 aliphatic carbocycles. The van der Waals surface area contributed by atoms with Gasteiger partial charge in [-0.05, 0) is 24.3 Å². The Hall–Kier alpha value is -1.81. The molecule has 152 valence electrons. The van der Waals surface area contributed by atoms with Gasteiger partial charge in [0.05, 0.1) is 30.8 Å². The van der Waals surface area contributed by atoms with Gasteiger partial charge in [0.2, 0.25) is 5.91 Å². The van der Waals surface area contributed by atoms with Crippen molar-refractivity contribution in [2.75, 3.05) is 32.6 Å². The minimum absolute atomic E-state index is 0.138. The normalized spacial score (nSPS) is 17.9. The van der Waals surface area contributed by atoms with Crippen molar-refractivity contribution in [3.63, 3.8) is 0 Å². The third-order valence-electron chi connectivity index (χ3n) is 4.58. The Kier molecular flexibility index (Phi) is 6.49. The highest BCUT2D eigenvalue weighted by molar-refractivity contribution is 7.91. The number of anilines is 1. The van der Waals surface area contributed by atoms with E-state index < -0.39 is 15.9 Å². The lowest BCUT2D eigenvalue weighted by molar-refractivity contribution is -0.120. The maximum atomic E-state index is 12.8. The van der Waals surface area contributed by atoms with Gasteiger partial charge in [0.15, 0.2) is 0 Å². The van der Waals surface area contributed by atoms with E-state index in [0.29, 0.717) is 41.6 Å². The summed E-state index contributed by atoms with van der Waals surface area (Å²) in [6.07, 6.45) is 1.22. The smallest absolute Gasteiger partial charge is 0.252 e. The Morgan fingerprint density at radius 3 is 2.68 bits per heavy atom. The average Bonchev–Trinajstić information content (AvgIpc) is 3.24. The minimum Gasteiger partial charge on any atom is -0.495 e. The quantitative estimate of drug-likeness (QED) is 0.737. The Morgan fingerprint density at radius 1 is 1.29 bits per heavy atom. The number of carbonyl (C=O) groups is 1. The lowest BCUT2D eigenvalue weighted by atomic mass is 9.98. The average molecular weight is 445 g/mol. The summed E-state index contributed by atoms with van der Waals surface area (Å²) in [5.41, 5.74) is 0.423. The van der Waals surface area contributed by atoms with Crippen LogP contribution in [0.15, 0.2) is 33.9 Å². The van der Waals surface area contributed by atoms with Crippen LogP contribution in [0, 0.1) is 5.92 Å². The van der Waals surface area contributed by atoms with Crippen molar-refractivity contribution in [3.8, 4) is 11.5 Å². The maximum Gasteiger partial charge on any atom is 0.252 e. The summed E-state index contributed by atoms with van der Waals surface area (Å²) >= 11 is 7.27. The van der Waals surface area contributed by atoms with E-state index in [1.165, 1.54) is 29.9 Å². The van der Waals surface area contributed by atoms with Gasteiger partial charge in [-0.25, -0.2) is 8.42 Å². The predicted octanol–water partition coefficient (Wildman–Crippen LogP) is 3.46. The third kappa shape index (κ3) is 4.27. The molecule has 1 N–H and O–H groups in total. The molecule has 0 bridgehead atoms. The van der Waals surface area contributed by atoms with Gasteiger partial charge in [-0.15, -0.1) is 11.3 Å². The number of ether oxygens (including phenoxy) is 2. The van der Waals surface area contributed by atoms with E-state index in [0.717, 1.165) is 0 Å². The molecule has 1 saturated heterocycles. The van der Waals surface area contributed by atoms with Crippen LogP contribution in [0.3, 0.4) is 0 Å².